The summed E-state index contributed by atoms with van der Waals surface area (Å²) in [4.78, 5) is 60.3. The first-order chi connectivity index (χ1) is 13.5. The van der Waals surface area contributed by atoms with Crippen LogP contribution in [-0.4, -0.2) is 85.3 Å². The van der Waals surface area contributed by atoms with E-state index in [1.807, 2.05) is 6.92 Å². The Balaban J connectivity index is 4.25. The number of esters is 2. The van der Waals surface area contributed by atoms with Gasteiger partial charge in [0.2, 0.25) is 23.4 Å². The van der Waals surface area contributed by atoms with E-state index in [4.69, 9.17) is 4.74 Å². The van der Waals surface area contributed by atoms with Gasteiger partial charge in [0.15, 0.2) is 0 Å². The molecule has 0 bridgehead atoms. The van der Waals surface area contributed by atoms with Crippen molar-refractivity contribution < 1.29 is 38.6 Å². The van der Waals surface area contributed by atoms with Gasteiger partial charge in [-0.1, -0.05) is 6.92 Å². The van der Waals surface area contributed by atoms with Crippen LogP contribution in [0.3, 0.4) is 0 Å². The van der Waals surface area contributed by atoms with Crippen molar-refractivity contribution in [2.75, 3.05) is 40.9 Å². The number of nitrogens with zero attached hydrogens (tertiary/aromatic N) is 2. The monoisotopic (exact) mass is 414 g/mol. The van der Waals surface area contributed by atoms with E-state index in [1.54, 1.807) is 6.92 Å². The van der Waals surface area contributed by atoms with Crippen LogP contribution < -0.4 is 0 Å². The molecule has 0 aromatic rings. The summed E-state index contributed by atoms with van der Waals surface area (Å²) in [5.74, 6) is -4.62. The van der Waals surface area contributed by atoms with Gasteiger partial charge in [-0.15, -0.1) is 0 Å². The van der Waals surface area contributed by atoms with Crippen molar-refractivity contribution in [2.45, 2.75) is 33.1 Å². The molecule has 10 heteroatoms. The zero-order valence-corrected chi connectivity index (χ0v) is 17.6. The normalized spacial score (nSPS) is 12.0. The lowest BCUT2D eigenvalue weighted by atomic mass is 10.0. The molecular formula is C19H30N2O8. The third-order valence-corrected chi connectivity index (χ3v) is 3.96. The molecule has 0 aliphatic heterocycles. The maximum absolute atomic E-state index is 11.9. The van der Waals surface area contributed by atoms with E-state index in [-0.39, 0.29) is 19.1 Å². The predicted octanol–water partition coefficient (Wildman–Crippen LogP) is 0.457. The third-order valence-electron chi connectivity index (χ3n) is 3.96. The van der Waals surface area contributed by atoms with E-state index in [9.17, 15) is 29.1 Å². The molecule has 0 aromatic carbocycles. The lowest BCUT2D eigenvalue weighted by Gasteiger charge is -2.18. The van der Waals surface area contributed by atoms with E-state index >= 15 is 0 Å². The third kappa shape index (κ3) is 10.9. The fourth-order valence-corrected chi connectivity index (χ4v) is 1.96. The Labute approximate surface area is 170 Å². The minimum atomic E-state index is -1.04. The summed E-state index contributed by atoms with van der Waals surface area (Å²) in [7, 11) is 4.49. The molecule has 1 atom stereocenters. The highest BCUT2D eigenvalue weighted by atomic mass is 16.5. The number of ketones is 1. The number of aliphatic hydroxyl groups is 1. The van der Waals surface area contributed by atoms with Gasteiger partial charge in [-0.2, -0.15) is 0 Å². The number of rotatable bonds is 12. The van der Waals surface area contributed by atoms with Crippen LogP contribution in [0.4, 0.5) is 0 Å². The van der Waals surface area contributed by atoms with Gasteiger partial charge in [0, 0.05) is 27.7 Å². The van der Waals surface area contributed by atoms with E-state index in [1.165, 1.54) is 30.9 Å². The SMILES string of the molecule is CCOC(=O)/C(O)=C/C(=O)N(C)CCC(C)CCOC(=O)C(=O)CC(=O)N(C)C. The number of aliphatic hydroxyl groups excluding tert-OH is 1. The number of Topliss-reactive ketones (excluding diaryl/α,β-unsaturated/α-hetero) is 1. The average molecular weight is 414 g/mol. The Hall–Kier alpha value is -2.91. The van der Waals surface area contributed by atoms with Crippen molar-refractivity contribution in [2.24, 2.45) is 5.92 Å². The Kier molecular flexibility index (Phi) is 12.0. The van der Waals surface area contributed by atoms with E-state index in [0.717, 1.165) is 6.08 Å². The van der Waals surface area contributed by atoms with Crippen LogP contribution in [0.25, 0.3) is 0 Å². The molecule has 2 amide bonds. The number of carbonyl (C=O) groups excluding carboxylic acids is 5. The van der Waals surface area contributed by atoms with Gasteiger partial charge in [0.05, 0.1) is 25.7 Å². The molecule has 0 saturated carbocycles. The molecule has 164 valence electrons. The Morgan fingerprint density at radius 3 is 2.17 bits per heavy atom. The van der Waals surface area contributed by atoms with Crippen LogP contribution in [0.15, 0.2) is 11.8 Å². The highest BCUT2D eigenvalue weighted by molar-refractivity contribution is 6.36. The van der Waals surface area contributed by atoms with Gasteiger partial charge in [0.25, 0.3) is 0 Å². The zero-order valence-electron chi connectivity index (χ0n) is 17.6. The largest absolute Gasteiger partial charge is 0.502 e. The average Bonchev–Trinajstić information content (AvgIpc) is 2.65. The molecule has 0 spiro atoms. The van der Waals surface area contributed by atoms with Gasteiger partial charge in [-0.05, 0) is 25.7 Å². The van der Waals surface area contributed by atoms with Crippen molar-refractivity contribution in [1.82, 2.24) is 9.80 Å². The topological polar surface area (TPSA) is 131 Å². The fourth-order valence-electron chi connectivity index (χ4n) is 1.96. The molecule has 0 radical (unpaired) electrons. The van der Waals surface area contributed by atoms with E-state index in [0.29, 0.717) is 19.4 Å². The highest BCUT2D eigenvalue weighted by Crippen LogP contribution is 2.09. The number of hydrogen-bond acceptors (Lipinski definition) is 8. The van der Waals surface area contributed by atoms with E-state index < -0.39 is 41.7 Å². The van der Waals surface area contributed by atoms with Crippen LogP contribution in [0.2, 0.25) is 0 Å². The summed E-state index contributed by atoms with van der Waals surface area (Å²) in [6, 6.07) is 0. The van der Waals surface area contributed by atoms with Gasteiger partial charge >= 0.3 is 11.9 Å². The minimum Gasteiger partial charge on any atom is -0.502 e. The fraction of sp³-hybridized carbons (Fsp3) is 0.632. The number of carbonyl (C=O) groups is 5. The summed E-state index contributed by atoms with van der Waals surface area (Å²) in [5, 5.41) is 9.48. The van der Waals surface area contributed by atoms with Gasteiger partial charge in [-0.25, -0.2) is 9.59 Å². The first kappa shape index (κ1) is 26.1. The lowest BCUT2D eigenvalue weighted by Crippen LogP contribution is -2.29. The minimum absolute atomic E-state index is 0.0170. The molecule has 10 nitrogen and oxygen atoms in total. The van der Waals surface area contributed by atoms with Crippen LogP contribution in [0, 0.1) is 5.92 Å². The molecule has 0 aliphatic rings. The van der Waals surface area contributed by atoms with Crippen LogP contribution in [-0.2, 0) is 33.4 Å². The Bertz CT molecular complexity index is 642. The summed E-state index contributed by atoms with van der Waals surface area (Å²) in [6.45, 7) is 3.91. The lowest BCUT2D eigenvalue weighted by molar-refractivity contribution is -0.155. The van der Waals surface area contributed by atoms with Crippen LogP contribution in [0.5, 0.6) is 0 Å². The second-order valence-corrected chi connectivity index (χ2v) is 6.72. The molecule has 0 heterocycles. The summed E-state index contributed by atoms with van der Waals surface area (Å²) < 4.78 is 9.46. The summed E-state index contributed by atoms with van der Waals surface area (Å²) in [6.07, 6.45) is 1.30. The molecule has 0 rings (SSSR count). The van der Waals surface area contributed by atoms with Crippen molar-refractivity contribution in [3.63, 3.8) is 0 Å². The highest BCUT2D eigenvalue weighted by Gasteiger charge is 2.20. The number of likely N-dealkylation sites (N-methyl/N-ethyl adjacent to an activating group) is 1. The van der Waals surface area contributed by atoms with Crippen LogP contribution >= 0.6 is 0 Å². The molecular weight excluding hydrogens is 384 g/mol. The van der Waals surface area contributed by atoms with Crippen LogP contribution in [0.1, 0.15) is 33.1 Å². The van der Waals surface area contributed by atoms with Crippen molar-refractivity contribution in [3.05, 3.63) is 11.8 Å². The summed E-state index contributed by atoms with van der Waals surface area (Å²) >= 11 is 0. The summed E-state index contributed by atoms with van der Waals surface area (Å²) in [5.41, 5.74) is 0. The number of amides is 2. The Morgan fingerprint density at radius 2 is 1.62 bits per heavy atom. The molecule has 1 unspecified atom stereocenters. The van der Waals surface area contributed by atoms with E-state index in [2.05, 4.69) is 4.74 Å². The van der Waals surface area contributed by atoms with Gasteiger partial charge < -0.3 is 24.4 Å². The Morgan fingerprint density at radius 1 is 1.00 bits per heavy atom. The van der Waals surface area contributed by atoms with Crippen molar-refractivity contribution in [3.8, 4) is 0 Å². The van der Waals surface area contributed by atoms with Gasteiger partial charge in [0.1, 0.15) is 0 Å². The number of hydrogen-bond donors (Lipinski definition) is 1. The second kappa shape index (κ2) is 13.3. The quantitative estimate of drug-likeness (QED) is 0.160. The van der Waals surface area contributed by atoms with Crippen molar-refractivity contribution in [1.29, 1.82) is 0 Å². The maximum atomic E-state index is 11.9. The molecule has 1 N–H and O–H groups in total. The molecule has 29 heavy (non-hydrogen) atoms. The zero-order chi connectivity index (χ0) is 22.6. The van der Waals surface area contributed by atoms with Gasteiger partial charge in [-0.3, -0.25) is 14.4 Å². The molecule has 0 aromatic heterocycles. The predicted molar refractivity (Wildman–Crippen MR) is 103 cm³/mol. The second-order valence-electron chi connectivity index (χ2n) is 6.72. The van der Waals surface area contributed by atoms with Crippen molar-refractivity contribution >= 4 is 29.5 Å². The smallest absolute Gasteiger partial charge is 0.375 e. The molecule has 0 fully saturated rings. The molecule has 0 saturated heterocycles. The first-order valence-electron chi connectivity index (χ1n) is 9.22. The number of ether oxygens (including phenoxy) is 2. The maximum Gasteiger partial charge on any atom is 0.375 e. The standard InChI is InChI=1S/C19H30N2O8/c1-6-28-18(26)15(23)12-17(25)21(5)9-7-13(2)8-10-29-19(27)14(22)11-16(24)20(3)4/h12-13,23H,6-11H2,1-5H3/b15-12-. The molecule has 0 aliphatic carbocycles. The first-order valence-corrected chi connectivity index (χ1v) is 9.22.